The summed E-state index contributed by atoms with van der Waals surface area (Å²) >= 11 is 2.99. The Morgan fingerprint density at radius 2 is 1.90 bits per heavy atom. The van der Waals surface area contributed by atoms with E-state index in [1.165, 1.54) is 13.1 Å². The summed E-state index contributed by atoms with van der Waals surface area (Å²) in [5.41, 5.74) is -0.795. The molecule has 0 aliphatic carbocycles. The number of halogens is 7. The highest BCUT2D eigenvalue weighted by Gasteiger charge is 2.22. The number of aromatic nitrogens is 4. The van der Waals surface area contributed by atoms with Crippen LogP contribution in [0.1, 0.15) is 23.4 Å². The topological polar surface area (TPSA) is 64.7 Å². The van der Waals surface area contributed by atoms with Gasteiger partial charge < -0.3 is 5.32 Å². The van der Waals surface area contributed by atoms with Crippen molar-refractivity contribution in [2.45, 2.75) is 26.4 Å². The second-order valence-corrected chi connectivity index (χ2v) is 6.96. The van der Waals surface area contributed by atoms with Crippen molar-refractivity contribution in [1.82, 2.24) is 19.6 Å². The van der Waals surface area contributed by atoms with E-state index in [0.29, 0.717) is 5.69 Å². The van der Waals surface area contributed by atoms with Crippen LogP contribution in [-0.2, 0) is 17.9 Å². The van der Waals surface area contributed by atoms with E-state index in [1.807, 2.05) is 0 Å². The molecule has 0 aliphatic rings. The fourth-order valence-corrected chi connectivity index (χ4v) is 3.06. The molecule has 1 N–H and O–H groups in total. The number of amides is 1. The second kappa shape index (κ2) is 8.50. The van der Waals surface area contributed by atoms with Gasteiger partial charge in [0, 0.05) is 17.8 Å². The highest BCUT2D eigenvalue weighted by atomic mass is 79.9. The van der Waals surface area contributed by atoms with Crippen LogP contribution in [0.4, 0.5) is 32.0 Å². The number of anilines is 1. The van der Waals surface area contributed by atoms with Crippen molar-refractivity contribution in [3.05, 3.63) is 63.2 Å². The van der Waals surface area contributed by atoms with Crippen molar-refractivity contribution >= 4 is 27.5 Å². The van der Waals surface area contributed by atoms with Crippen molar-refractivity contribution in [3.8, 4) is 0 Å². The summed E-state index contributed by atoms with van der Waals surface area (Å²) in [4.78, 5) is 12.2. The van der Waals surface area contributed by atoms with Crippen molar-refractivity contribution in [2.24, 2.45) is 0 Å². The average Bonchev–Trinajstić information content (AvgIpc) is 3.22. The number of benzene rings is 1. The third-order valence-corrected chi connectivity index (χ3v) is 5.08. The van der Waals surface area contributed by atoms with Gasteiger partial charge in [-0.15, -0.1) is 0 Å². The molecule has 0 atom stereocenters. The third-order valence-electron chi connectivity index (χ3n) is 4.10. The van der Waals surface area contributed by atoms with Crippen molar-refractivity contribution in [2.75, 3.05) is 5.32 Å². The zero-order valence-corrected chi connectivity index (χ0v) is 16.7. The van der Waals surface area contributed by atoms with Crippen LogP contribution in [0.15, 0.2) is 22.9 Å². The first-order chi connectivity index (χ1) is 14.1. The summed E-state index contributed by atoms with van der Waals surface area (Å²) in [6, 6.07) is 0.220. The van der Waals surface area contributed by atoms with Gasteiger partial charge in [0.1, 0.15) is 18.1 Å². The maximum atomic E-state index is 13.8. The summed E-state index contributed by atoms with van der Waals surface area (Å²) in [7, 11) is 0. The quantitative estimate of drug-likeness (QED) is 0.314. The normalized spacial score (nSPS) is 11.4. The molecule has 0 saturated carbocycles. The number of nitrogens with one attached hydrogen (secondary N) is 1. The molecular formula is C17H12BrF6N5O. The lowest BCUT2D eigenvalue weighted by molar-refractivity contribution is -0.117. The van der Waals surface area contributed by atoms with Gasteiger partial charge in [0.2, 0.25) is 5.91 Å². The molecule has 2 aromatic heterocycles. The highest BCUT2D eigenvalue weighted by Crippen LogP contribution is 2.29. The molecule has 3 rings (SSSR count). The number of carbonyl (C=O) groups excluding carboxylic acids is 1. The van der Waals surface area contributed by atoms with Gasteiger partial charge in [0.15, 0.2) is 17.5 Å². The first-order valence-electron chi connectivity index (χ1n) is 8.23. The van der Waals surface area contributed by atoms with Crippen molar-refractivity contribution in [3.63, 3.8) is 0 Å². The standard InChI is InChI=1S/C17H12BrF6N5O/c1-7-13(18)16(17(23)24)27-29(7)6-12(30)26-8-3-25-28(4-8)5-9-10(19)2-11(20)15(22)14(9)21/h2-4,17H,5-6H2,1H3,(H,26,30). The minimum atomic E-state index is -2.82. The fraction of sp³-hybridized carbons (Fsp3) is 0.235. The van der Waals surface area contributed by atoms with Gasteiger partial charge in [-0.3, -0.25) is 14.2 Å². The van der Waals surface area contributed by atoms with E-state index in [2.05, 4.69) is 31.4 Å². The molecule has 0 bridgehead atoms. The highest BCUT2D eigenvalue weighted by molar-refractivity contribution is 9.10. The van der Waals surface area contributed by atoms with Crippen LogP contribution in [0.2, 0.25) is 0 Å². The van der Waals surface area contributed by atoms with Gasteiger partial charge in [-0.1, -0.05) is 0 Å². The molecule has 6 nitrogen and oxygen atoms in total. The van der Waals surface area contributed by atoms with E-state index in [4.69, 9.17) is 0 Å². The number of hydrogen-bond acceptors (Lipinski definition) is 3. The molecule has 0 radical (unpaired) electrons. The average molecular weight is 496 g/mol. The summed E-state index contributed by atoms with van der Waals surface area (Å²) in [6.07, 6.45) is -0.462. The van der Waals surface area contributed by atoms with Crippen molar-refractivity contribution in [1.29, 1.82) is 0 Å². The van der Waals surface area contributed by atoms with E-state index in [-0.39, 0.29) is 22.8 Å². The molecule has 1 amide bonds. The predicted octanol–water partition coefficient (Wildman–Crippen LogP) is 4.33. The van der Waals surface area contributed by atoms with Crippen LogP contribution < -0.4 is 5.32 Å². The molecule has 3 aromatic rings. The minimum Gasteiger partial charge on any atom is -0.322 e. The van der Waals surface area contributed by atoms with Crippen LogP contribution in [-0.4, -0.2) is 25.5 Å². The number of alkyl halides is 2. The summed E-state index contributed by atoms with van der Waals surface area (Å²) < 4.78 is 81.7. The van der Waals surface area contributed by atoms with E-state index in [1.54, 1.807) is 0 Å². The molecule has 0 spiro atoms. The lowest BCUT2D eigenvalue weighted by atomic mass is 10.2. The van der Waals surface area contributed by atoms with Gasteiger partial charge in [0.05, 0.1) is 28.6 Å². The Kier molecular flexibility index (Phi) is 6.19. The Hall–Kier alpha value is -2.83. The van der Waals surface area contributed by atoms with Crippen LogP contribution >= 0.6 is 15.9 Å². The molecule has 13 heteroatoms. The number of hydrogen-bond donors (Lipinski definition) is 1. The summed E-state index contributed by atoms with van der Waals surface area (Å²) in [5, 5.41) is 9.89. The first-order valence-corrected chi connectivity index (χ1v) is 9.03. The van der Waals surface area contributed by atoms with Crippen LogP contribution in [0, 0.1) is 30.2 Å². The SMILES string of the molecule is Cc1c(Br)c(C(F)F)nn1CC(=O)Nc1cnn(Cc2c(F)cc(F)c(F)c2F)c1. The van der Waals surface area contributed by atoms with E-state index in [9.17, 15) is 31.1 Å². The lowest BCUT2D eigenvalue weighted by Crippen LogP contribution is -2.20. The molecular weight excluding hydrogens is 484 g/mol. The zero-order chi connectivity index (χ0) is 22.2. The Labute approximate surface area is 173 Å². The Morgan fingerprint density at radius 1 is 1.20 bits per heavy atom. The zero-order valence-electron chi connectivity index (χ0n) is 15.1. The maximum absolute atomic E-state index is 13.8. The smallest absolute Gasteiger partial charge is 0.283 e. The van der Waals surface area contributed by atoms with Gasteiger partial charge in [-0.2, -0.15) is 10.2 Å². The largest absolute Gasteiger partial charge is 0.322 e. The minimum absolute atomic E-state index is 0.0914. The Balaban J connectivity index is 1.70. The van der Waals surface area contributed by atoms with Crippen LogP contribution in [0.3, 0.4) is 0 Å². The molecule has 2 heterocycles. The maximum Gasteiger partial charge on any atom is 0.283 e. The first kappa shape index (κ1) is 21.9. The Morgan fingerprint density at radius 3 is 2.53 bits per heavy atom. The molecule has 0 aliphatic heterocycles. The molecule has 0 fully saturated rings. The molecule has 160 valence electrons. The Bertz CT molecular complexity index is 1110. The second-order valence-electron chi connectivity index (χ2n) is 6.16. The van der Waals surface area contributed by atoms with Gasteiger partial charge in [-0.25, -0.2) is 26.3 Å². The van der Waals surface area contributed by atoms with Gasteiger partial charge in [0.25, 0.3) is 6.43 Å². The number of nitrogens with zero attached hydrogens (tertiary/aromatic N) is 4. The van der Waals surface area contributed by atoms with E-state index >= 15 is 0 Å². The van der Waals surface area contributed by atoms with E-state index in [0.717, 1.165) is 15.6 Å². The van der Waals surface area contributed by atoms with Crippen LogP contribution in [0.5, 0.6) is 0 Å². The molecule has 0 saturated heterocycles. The van der Waals surface area contributed by atoms with Crippen molar-refractivity contribution < 1.29 is 31.1 Å². The molecule has 1 aromatic carbocycles. The summed E-state index contributed by atoms with van der Waals surface area (Å²) in [5.74, 6) is -7.06. The summed E-state index contributed by atoms with van der Waals surface area (Å²) in [6.45, 7) is 0.557. The number of rotatable bonds is 6. The van der Waals surface area contributed by atoms with Crippen LogP contribution in [0.25, 0.3) is 0 Å². The molecule has 30 heavy (non-hydrogen) atoms. The van der Waals surface area contributed by atoms with Gasteiger partial charge in [-0.05, 0) is 22.9 Å². The lowest BCUT2D eigenvalue weighted by Gasteiger charge is -2.07. The van der Waals surface area contributed by atoms with E-state index < -0.39 is 53.4 Å². The molecule has 0 unspecified atom stereocenters. The fourth-order valence-electron chi connectivity index (χ4n) is 2.60. The van der Waals surface area contributed by atoms with Gasteiger partial charge >= 0.3 is 0 Å². The predicted molar refractivity (Wildman–Crippen MR) is 95.9 cm³/mol. The monoisotopic (exact) mass is 495 g/mol. The number of carbonyl (C=O) groups is 1. The third kappa shape index (κ3) is 4.35.